The lowest BCUT2D eigenvalue weighted by atomic mass is 10.1. The Morgan fingerprint density at radius 3 is 2.60 bits per heavy atom. The van der Waals surface area contributed by atoms with Crippen LogP contribution in [0, 0.1) is 0 Å². The van der Waals surface area contributed by atoms with Crippen LogP contribution < -0.4 is 10.6 Å². The number of hydrogen-bond donors (Lipinski definition) is 2. The van der Waals surface area contributed by atoms with Crippen LogP contribution in [0.25, 0.3) is 0 Å². The third-order valence-corrected chi connectivity index (χ3v) is 3.24. The van der Waals surface area contributed by atoms with E-state index in [-0.39, 0.29) is 11.8 Å². The van der Waals surface area contributed by atoms with Crippen molar-refractivity contribution in [3.05, 3.63) is 59.9 Å². The lowest BCUT2D eigenvalue weighted by Crippen LogP contribution is -2.42. The van der Waals surface area contributed by atoms with Gasteiger partial charge in [0.1, 0.15) is 6.04 Å². The number of anilines is 1. The highest BCUT2D eigenvalue weighted by atomic mass is 16.2. The first kappa shape index (κ1) is 12.3. The molecule has 0 fully saturated rings. The number of aromatic nitrogens is 1. The van der Waals surface area contributed by atoms with Crippen LogP contribution in [0.3, 0.4) is 0 Å². The molecule has 1 atom stereocenters. The van der Waals surface area contributed by atoms with Crippen LogP contribution in [0.15, 0.2) is 48.8 Å². The molecule has 1 aliphatic rings. The molecule has 2 aromatic rings. The van der Waals surface area contributed by atoms with Gasteiger partial charge in [0, 0.05) is 18.8 Å². The second kappa shape index (κ2) is 5.13. The van der Waals surface area contributed by atoms with Crippen LogP contribution >= 0.6 is 0 Å². The van der Waals surface area contributed by atoms with Gasteiger partial charge in [-0.1, -0.05) is 12.1 Å². The molecule has 20 heavy (non-hydrogen) atoms. The second-order valence-corrected chi connectivity index (χ2v) is 4.62. The van der Waals surface area contributed by atoms with E-state index in [0.29, 0.717) is 17.7 Å². The Labute approximate surface area is 116 Å². The smallest absolute Gasteiger partial charge is 0.254 e. The van der Waals surface area contributed by atoms with Crippen LogP contribution in [0.5, 0.6) is 0 Å². The van der Waals surface area contributed by atoms with Crippen molar-refractivity contribution in [2.75, 3.05) is 5.32 Å². The Bertz CT molecular complexity index is 655. The predicted octanol–water partition coefficient (Wildman–Crippen LogP) is 1.37. The van der Waals surface area contributed by atoms with E-state index in [2.05, 4.69) is 15.6 Å². The maximum Gasteiger partial charge on any atom is 0.254 e. The Kier molecular flexibility index (Phi) is 3.16. The van der Waals surface area contributed by atoms with Crippen LogP contribution in [0.2, 0.25) is 0 Å². The van der Waals surface area contributed by atoms with Crippen molar-refractivity contribution >= 4 is 17.5 Å². The Hall–Kier alpha value is -2.69. The maximum atomic E-state index is 12.2. The van der Waals surface area contributed by atoms with Crippen molar-refractivity contribution < 1.29 is 9.59 Å². The summed E-state index contributed by atoms with van der Waals surface area (Å²) in [5, 5.41) is 5.55. The molecule has 2 N–H and O–H groups in total. The average Bonchev–Trinajstić information content (AvgIpc) is 2.58. The first-order valence-corrected chi connectivity index (χ1v) is 6.34. The molecule has 5 nitrogen and oxygen atoms in total. The number of carbonyl (C=O) groups is 2. The predicted molar refractivity (Wildman–Crippen MR) is 74.3 cm³/mol. The van der Waals surface area contributed by atoms with E-state index in [9.17, 15) is 9.59 Å². The summed E-state index contributed by atoms with van der Waals surface area (Å²) in [5.41, 5.74) is 1.98. The molecule has 1 aromatic carbocycles. The third-order valence-electron chi connectivity index (χ3n) is 3.24. The molecule has 0 saturated carbocycles. The summed E-state index contributed by atoms with van der Waals surface area (Å²) in [6.45, 7) is 0. The second-order valence-electron chi connectivity index (χ2n) is 4.62. The summed E-state index contributed by atoms with van der Waals surface area (Å²) in [7, 11) is 0. The topological polar surface area (TPSA) is 71.1 Å². The number of nitrogens with zero attached hydrogens (tertiary/aromatic N) is 1. The van der Waals surface area contributed by atoms with Crippen molar-refractivity contribution in [1.29, 1.82) is 0 Å². The molecule has 5 heteroatoms. The minimum absolute atomic E-state index is 0.208. The molecule has 0 bridgehead atoms. The van der Waals surface area contributed by atoms with Crippen molar-refractivity contribution in [2.45, 2.75) is 12.5 Å². The van der Waals surface area contributed by atoms with Gasteiger partial charge in [-0.25, -0.2) is 0 Å². The van der Waals surface area contributed by atoms with Crippen LogP contribution in [-0.4, -0.2) is 22.8 Å². The highest BCUT2D eigenvalue weighted by molar-refractivity contribution is 6.09. The Morgan fingerprint density at radius 2 is 1.80 bits per heavy atom. The Morgan fingerprint density at radius 1 is 1.05 bits per heavy atom. The molecule has 0 unspecified atom stereocenters. The zero-order valence-electron chi connectivity index (χ0n) is 10.7. The molecule has 0 aliphatic carbocycles. The third kappa shape index (κ3) is 2.38. The number of rotatable bonds is 2. The number of pyridine rings is 1. The monoisotopic (exact) mass is 267 g/mol. The molecule has 100 valence electrons. The van der Waals surface area contributed by atoms with Crippen molar-refractivity contribution in [3.63, 3.8) is 0 Å². The van der Waals surface area contributed by atoms with Gasteiger partial charge in [-0.2, -0.15) is 0 Å². The molecular formula is C15H13N3O2. The number of fused-ring (bicyclic) bond motifs is 1. The summed E-state index contributed by atoms with van der Waals surface area (Å²) < 4.78 is 0. The van der Waals surface area contributed by atoms with Gasteiger partial charge in [0.2, 0.25) is 5.91 Å². The molecule has 1 aliphatic heterocycles. The quantitative estimate of drug-likeness (QED) is 0.863. The number of para-hydroxylation sites is 1. The summed E-state index contributed by atoms with van der Waals surface area (Å²) in [5.74, 6) is -0.446. The molecule has 0 radical (unpaired) electrons. The first-order valence-electron chi connectivity index (χ1n) is 6.34. The van der Waals surface area contributed by atoms with Crippen molar-refractivity contribution in [1.82, 2.24) is 10.3 Å². The van der Waals surface area contributed by atoms with Crippen LogP contribution in [-0.2, 0) is 11.2 Å². The van der Waals surface area contributed by atoms with Gasteiger partial charge in [-0.05, 0) is 29.8 Å². The number of amides is 2. The Balaban J connectivity index is 1.86. The van der Waals surface area contributed by atoms with E-state index in [1.807, 2.05) is 12.1 Å². The molecular weight excluding hydrogens is 254 g/mol. The molecule has 0 saturated heterocycles. The summed E-state index contributed by atoms with van der Waals surface area (Å²) in [6, 6.07) is 10.1. The number of benzene rings is 1. The fourth-order valence-corrected chi connectivity index (χ4v) is 2.21. The molecule has 3 rings (SSSR count). The number of carbonyl (C=O) groups excluding carboxylic acids is 2. The van der Waals surface area contributed by atoms with E-state index in [1.165, 1.54) is 0 Å². The van der Waals surface area contributed by atoms with E-state index in [4.69, 9.17) is 0 Å². The van der Waals surface area contributed by atoms with Gasteiger partial charge in [0.25, 0.3) is 5.91 Å². The summed E-state index contributed by atoms with van der Waals surface area (Å²) >= 11 is 0. The van der Waals surface area contributed by atoms with Gasteiger partial charge in [-0.15, -0.1) is 0 Å². The summed E-state index contributed by atoms with van der Waals surface area (Å²) in [4.78, 5) is 28.3. The fourth-order valence-electron chi connectivity index (χ4n) is 2.21. The number of nitrogens with one attached hydrogen (secondary N) is 2. The average molecular weight is 267 g/mol. The van der Waals surface area contributed by atoms with E-state index < -0.39 is 6.04 Å². The SMILES string of the molecule is O=C1N[C@H](Cc2ccncc2)C(=O)Nc2ccccc21. The highest BCUT2D eigenvalue weighted by Gasteiger charge is 2.27. The minimum Gasteiger partial charge on any atom is -0.340 e. The fraction of sp³-hybridized carbons (Fsp3) is 0.133. The summed E-state index contributed by atoms with van der Waals surface area (Å²) in [6.07, 6.45) is 3.77. The van der Waals surface area contributed by atoms with Gasteiger partial charge >= 0.3 is 0 Å². The zero-order valence-corrected chi connectivity index (χ0v) is 10.7. The van der Waals surface area contributed by atoms with Crippen LogP contribution in [0.4, 0.5) is 5.69 Å². The normalized spacial score (nSPS) is 17.7. The van der Waals surface area contributed by atoms with Gasteiger partial charge < -0.3 is 10.6 Å². The lowest BCUT2D eigenvalue weighted by molar-refractivity contribution is -0.117. The molecule has 0 spiro atoms. The van der Waals surface area contributed by atoms with Crippen molar-refractivity contribution in [2.24, 2.45) is 0 Å². The minimum atomic E-state index is -0.586. The molecule has 1 aromatic heterocycles. The van der Waals surface area contributed by atoms with Gasteiger partial charge in [0.15, 0.2) is 0 Å². The largest absolute Gasteiger partial charge is 0.340 e. The van der Waals surface area contributed by atoms with E-state index >= 15 is 0 Å². The van der Waals surface area contributed by atoms with Crippen LogP contribution in [0.1, 0.15) is 15.9 Å². The maximum absolute atomic E-state index is 12.2. The number of hydrogen-bond acceptors (Lipinski definition) is 3. The zero-order chi connectivity index (χ0) is 13.9. The molecule has 2 amide bonds. The van der Waals surface area contributed by atoms with Gasteiger partial charge in [0.05, 0.1) is 11.3 Å². The lowest BCUT2D eigenvalue weighted by Gasteiger charge is -2.14. The molecule has 2 heterocycles. The highest BCUT2D eigenvalue weighted by Crippen LogP contribution is 2.19. The first-order chi connectivity index (χ1) is 9.74. The van der Waals surface area contributed by atoms with Crippen molar-refractivity contribution in [3.8, 4) is 0 Å². The van der Waals surface area contributed by atoms with E-state index in [1.54, 1.807) is 36.7 Å². The van der Waals surface area contributed by atoms with Gasteiger partial charge in [-0.3, -0.25) is 14.6 Å². The van der Waals surface area contributed by atoms with E-state index in [0.717, 1.165) is 5.56 Å². The standard InChI is InChI=1S/C15H13N3O2/c19-14-11-3-1-2-4-12(11)17-15(20)13(18-14)9-10-5-7-16-8-6-10/h1-8,13H,9H2,(H,17,20)(H,18,19)/t13-/m1/s1.